The second-order valence-electron chi connectivity index (χ2n) is 9.03. The molecule has 2 fully saturated rings. The number of sulfonamides is 1. The van der Waals surface area contributed by atoms with Gasteiger partial charge in [-0.15, -0.1) is 0 Å². The molecule has 0 spiro atoms. The molecule has 1 atom stereocenters. The summed E-state index contributed by atoms with van der Waals surface area (Å²) in [4.78, 5) is 15.7. The Hall–Kier alpha value is -1.71. The molecule has 9 heteroatoms. The van der Waals surface area contributed by atoms with Crippen LogP contribution in [0.15, 0.2) is 23.1 Å². The first-order chi connectivity index (χ1) is 14.2. The van der Waals surface area contributed by atoms with Gasteiger partial charge in [-0.25, -0.2) is 8.42 Å². The van der Waals surface area contributed by atoms with Crippen LogP contribution in [0.1, 0.15) is 40.0 Å². The summed E-state index contributed by atoms with van der Waals surface area (Å²) >= 11 is 0. The van der Waals surface area contributed by atoms with E-state index in [2.05, 4.69) is 18.7 Å². The van der Waals surface area contributed by atoms with Crippen LogP contribution in [0.2, 0.25) is 0 Å². The van der Waals surface area contributed by atoms with Gasteiger partial charge in [0.25, 0.3) is 5.69 Å². The molecule has 1 aromatic rings. The third kappa shape index (κ3) is 5.31. The molecule has 0 bridgehead atoms. The lowest BCUT2D eigenvalue weighted by molar-refractivity contribution is -0.384. The number of hydrogen-bond donors (Lipinski definition) is 0. The number of piperidine rings is 1. The van der Waals surface area contributed by atoms with Gasteiger partial charge in [-0.1, -0.05) is 20.8 Å². The highest BCUT2D eigenvalue weighted by molar-refractivity contribution is 7.89. The molecule has 168 valence electrons. The van der Waals surface area contributed by atoms with Gasteiger partial charge in [0.15, 0.2) is 0 Å². The molecule has 0 aliphatic carbocycles. The van der Waals surface area contributed by atoms with E-state index in [0.717, 1.165) is 38.9 Å². The average Bonchev–Trinajstić information content (AvgIpc) is 2.72. The summed E-state index contributed by atoms with van der Waals surface area (Å²) in [6.45, 7) is 11.6. The maximum atomic E-state index is 13.0. The Morgan fingerprint density at radius 1 is 1.17 bits per heavy atom. The highest BCUT2D eigenvalue weighted by Gasteiger charge is 2.32. The molecule has 1 aromatic carbocycles. The Labute approximate surface area is 180 Å². The Bertz CT molecular complexity index is 851. The number of benzene rings is 1. The second-order valence-corrected chi connectivity index (χ2v) is 11.0. The van der Waals surface area contributed by atoms with Crippen molar-refractivity contribution in [3.63, 3.8) is 0 Å². The number of hydrogen-bond acceptors (Lipinski definition) is 6. The molecular formula is C21H34N4O4S. The quantitative estimate of drug-likeness (QED) is 0.480. The van der Waals surface area contributed by atoms with Crippen molar-refractivity contribution < 1.29 is 13.3 Å². The van der Waals surface area contributed by atoms with Crippen LogP contribution in [-0.4, -0.2) is 68.4 Å². The molecule has 3 rings (SSSR count). The van der Waals surface area contributed by atoms with Crippen molar-refractivity contribution in [2.45, 2.75) is 44.9 Å². The molecule has 30 heavy (non-hydrogen) atoms. The highest BCUT2D eigenvalue weighted by atomic mass is 32.2. The molecule has 2 aliphatic rings. The highest BCUT2D eigenvalue weighted by Crippen LogP contribution is 2.33. The third-order valence-corrected chi connectivity index (χ3v) is 8.00. The Kier molecular flexibility index (Phi) is 7.36. The maximum Gasteiger partial charge on any atom is 0.293 e. The van der Waals surface area contributed by atoms with Crippen LogP contribution in [-0.2, 0) is 10.0 Å². The Morgan fingerprint density at radius 2 is 1.87 bits per heavy atom. The van der Waals surface area contributed by atoms with Gasteiger partial charge in [-0.05, 0) is 49.8 Å². The van der Waals surface area contributed by atoms with E-state index in [-0.39, 0.29) is 10.6 Å². The molecule has 8 nitrogen and oxygen atoms in total. The third-order valence-electron chi connectivity index (χ3n) is 6.14. The first kappa shape index (κ1) is 23.0. The van der Waals surface area contributed by atoms with Crippen molar-refractivity contribution in [3.05, 3.63) is 28.3 Å². The van der Waals surface area contributed by atoms with Crippen LogP contribution in [0, 0.1) is 22.0 Å². The van der Waals surface area contributed by atoms with Crippen LogP contribution in [0.5, 0.6) is 0 Å². The zero-order chi connectivity index (χ0) is 21.9. The van der Waals surface area contributed by atoms with Crippen LogP contribution >= 0.6 is 0 Å². The lowest BCUT2D eigenvalue weighted by Crippen LogP contribution is -2.47. The fourth-order valence-electron chi connectivity index (χ4n) is 4.24. The summed E-state index contributed by atoms with van der Waals surface area (Å²) in [5.74, 6) is 0.955. The molecule has 0 amide bonds. The van der Waals surface area contributed by atoms with E-state index >= 15 is 0 Å². The summed E-state index contributed by atoms with van der Waals surface area (Å²) < 4.78 is 27.6. The second kappa shape index (κ2) is 9.62. The smallest absolute Gasteiger partial charge is 0.293 e. The molecule has 2 aliphatic heterocycles. The molecule has 0 radical (unpaired) electrons. The summed E-state index contributed by atoms with van der Waals surface area (Å²) in [5, 5.41) is 11.8. The summed E-state index contributed by atoms with van der Waals surface area (Å²) in [6.07, 6.45) is 2.97. The number of piperazine rings is 1. The molecule has 0 N–H and O–H groups in total. The largest absolute Gasteiger partial charge is 0.363 e. The Balaban J connectivity index is 1.77. The van der Waals surface area contributed by atoms with E-state index in [1.165, 1.54) is 16.4 Å². The fraction of sp³-hybridized carbons (Fsp3) is 0.714. The van der Waals surface area contributed by atoms with Gasteiger partial charge in [-0.2, -0.15) is 4.31 Å². The SMILES string of the molecule is CC(C)CCN1CCN(c2ccc(S(=O)(=O)N3CCC[C@H](C)C3)cc2[N+](=O)[O-])CC1. The summed E-state index contributed by atoms with van der Waals surface area (Å²) in [6, 6.07) is 4.39. The minimum Gasteiger partial charge on any atom is -0.363 e. The van der Waals surface area contributed by atoms with Crippen molar-refractivity contribution in [2.24, 2.45) is 11.8 Å². The predicted octanol–water partition coefficient (Wildman–Crippen LogP) is 3.18. The number of nitro groups is 1. The standard InChI is InChI=1S/C21H34N4O4S/c1-17(2)8-10-22-11-13-23(14-12-22)20-7-6-19(15-21(20)25(26)27)30(28,29)24-9-4-5-18(3)16-24/h6-7,15,17-18H,4-5,8-14,16H2,1-3H3/t18-/m0/s1. The number of nitrogens with zero attached hydrogens (tertiary/aromatic N) is 4. The van der Waals surface area contributed by atoms with Gasteiger partial charge in [0.05, 0.1) is 9.82 Å². The van der Waals surface area contributed by atoms with Crippen molar-refractivity contribution in [2.75, 3.05) is 50.7 Å². The predicted molar refractivity (Wildman–Crippen MR) is 118 cm³/mol. The van der Waals surface area contributed by atoms with Crippen molar-refractivity contribution in [1.82, 2.24) is 9.21 Å². The Morgan fingerprint density at radius 3 is 2.47 bits per heavy atom. The van der Waals surface area contributed by atoms with Crippen molar-refractivity contribution >= 4 is 21.4 Å². The summed E-state index contributed by atoms with van der Waals surface area (Å²) in [7, 11) is -3.72. The van der Waals surface area contributed by atoms with E-state index < -0.39 is 14.9 Å². The first-order valence-electron chi connectivity index (χ1n) is 10.9. The van der Waals surface area contributed by atoms with Crippen LogP contribution in [0.3, 0.4) is 0 Å². The number of nitro benzene ring substituents is 1. The van der Waals surface area contributed by atoms with Gasteiger partial charge < -0.3 is 4.90 Å². The molecule has 2 saturated heterocycles. The molecule has 2 heterocycles. The van der Waals surface area contributed by atoms with E-state index in [1.54, 1.807) is 6.07 Å². The number of rotatable bonds is 7. The van der Waals surface area contributed by atoms with Gasteiger partial charge in [-0.3, -0.25) is 15.0 Å². The lowest BCUT2D eigenvalue weighted by Gasteiger charge is -2.36. The van der Waals surface area contributed by atoms with Crippen molar-refractivity contribution in [1.29, 1.82) is 0 Å². The van der Waals surface area contributed by atoms with Crippen LogP contribution in [0.4, 0.5) is 11.4 Å². The molecule has 0 unspecified atom stereocenters. The molecule has 0 saturated carbocycles. The first-order valence-corrected chi connectivity index (χ1v) is 12.4. The normalized spacial score (nSPS) is 21.9. The van der Waals surface area contributed by atoms with Gasteiger partial charge in [0, 0.05) is 45.3 Å². The van der Waals surface area contributed by atoms with Crippen molar-refractivity contribution in [3.8, 4) is 0 Å². The van der Waals surface area contributed by atoms with Crippen LogP contribution < -0.4 is 4.90 Å². The zero-order valence-corrected chi connectivity index (χ0v) is 19.1. The van der Waals surface area contributed by atoms with E-state index in [9.17, 15) is 18.5 Å². The topological polar surface area (TPSA) is 87.0 Å². The average molecular weight is 439 g/mol. The maximum absolute atomic E-state index is 13.0. The fourth-order valence-corrected chi connectivity index (χ4v) is 5.86. The van der Waals surface area contributed by atoms with Crippen LogP contribution in [0.25, 0.3) is 0 Å². The van der Waals surface area contributed by atoms with E-state index in [4.69, 9.17) is 0 Å². The van der Waals surface area contributed by atoms with Gasteiger partial charge >= 0.3 is 0 Å². The summed E-state index contributed by atoms with van der Waals surface area (Å²) in [5.41, 5.74) is 0.381. The van der Waals surface area contributed by atoms with Gasteiger partial charge in [0.1, 0.15) is 5.69 Å². The number of anilines is 1. The minimum atomic E-state index is -3.72. The monoisotopic (exact) mass is 438 g/mol. The molecule has 0 aromatic heterocycles. The lowest BCUT2D eigenvalue weighted by atomic mass is 10.0. The zero-order valence-electron chi connectivity index (χ0n) is 18.3. The molecular weight excluding hydrogens is 404 g/mol. The van der Waals surface area contributed by atoms with E-state index in [0.29, 0.717) is 43.7 Å². The minimum absolute atomic E-state index is 0.0163. The van der Waals surface area contributed by atoms with Gasteiger partial charge in [0.2, 0.25) is 10.0 Å². The van der Waals surface area contributed by atoms with E-state index in [1.807, 2.05) is 11.8 Å².